The van der Waals surface area contributed by atoms with Crippen LogP contribution in [0.1, 0.15) is 29.3 Å². The smallest absolute Gasteiger partial charge is 0.166 e. The Bertz CT molecular complexity index is 564. The lowest BCUT2D eigenvalue weighted by Gasteiger charge is -2.11. The van der Waals surface area contributed by atoms with E-state index in [-0.39, 0.29) is 5.78 Å². The molecule has 0 aliphatic heterocycles. The minimum Gasteiger partial charge on any atom is -0.488 e. The first-order valence-corrected chi connectivity index (χ1v) is 6.99. The number of carbonyl (C=O) groups excluding carboxylic acids is 1. The Balaban J connectivity index is 2.19. The molecule has 2 nitrogen and oxygen atoms in total. The van der Waals surface area contributed by atoms with Gasteiger partial charge in [0.15, 0.2) is 5.78 Å². The molecule has 0 saturated heterocycles. The van der Waals surface area contributed by atoms with E-state index in [0.717, 1.165) is 10.0 Å². The standard InChI is InChI=1S/C16H15BrO2/c1-2-15(18)14-9-8-13(17)10-16(14)19-11-12-6-4-3-5-7-12/h3-10H,2,11H2,1H3. The van der Waals surface area contributed by atoms with Crippen LogP contribution in [0, 0.1) is 0 Å². The van der Waals surface area contributed by atoms with Gasteiger partial charge in [0.25, 0.3) is 0 Å². The van der Waals surface area contributed by atoms with Crippen LogP contribution in [0.3, 0.4) is 0 Å². The normalized spacial score (nSPS) is 10.2. The average Bonchev–Trinajstić information content (AvgIpc) is 2.45. The molecule has 0 amide bonds. The summed E-state index contributed by atoms with van der Waals surface area (Å²) < 4.78 is 6.68. The van der Waals surface area contributed by atoms with E-state index in [1.54, 1.807) is 6.07 Å². The quantitative estimate of drug-likeness (QED) is 0.752. The largest absolute Gasteiger partial charge is 0.488 e. The second-order valence-corrected chi connectivity index (χ2v) is 5.11. The summed E-state index contributed by atoms with van der Waals surface area (Å²) >= 11 is 3.40. The molecule has 0 saturated carbocycles. The number of hydrogen-bond donors (Lipinski definition) is 0. The molecule has 2 rings (SSSR count). The predicted molar refractivity (Wildman–Crippen MR) is 79.5 cm³/mol. The van der Waals surface area contributed by atoms with E-state index < -0.39 is 0 Å². The highest BCUT2D eigenvalue weighted by atomic mass is 79.9. The van der Waals surface area contributed by atoms with Gasteiger partial charge < -0.3 is 4.74 Å². The van der Waals surface area contributed by atoms with E-state index >= 15 is 0 Å². The van der Waals surface area contributed by atoms with Crippen LogP contribution < -0.4 is 4.74 Å². The van der Waals surface area contributed by atoms with E-state index in [1.165, 1.54) is 0 Å². The fourth-order valence-corrected chi connectivity index (χ4v) is 2.11. The molecule has 0 aromatic heterocycles. The molecule has 2 aromatic carbocycles. The molecule has 0 spiro atoms. The van der Waals surface area contributed by atoms with Crippen molar-refractivity contribution >= 4 is 21.7 Å². The highest BCUT2D eigenvalue weighted by Crippen LogP contribution is 2.25. The Morgan fingerprint density at radius 3 is 2.58 bits per heavy atom. The van der Waals surface area contributed by atoms with Gasteiger partial charge in [-0.2, -0.15) is 0 Å². The number of ketones is 1. The Hall–Kier alpha value is -1.61. The van der Waals surface area contributed by atoms with Crippen molar-refractivity contribution in [3.8, 4) is 5.75 Å². The van der Waals surface area contributed by atoms with Crippen molar-refractivity contribution in [1.29, 1.82) is 0 Å². The van der Waals surface area contributed by atoms with Gasteiger partial charge in [0, 0.05) is 10.9 Å². The lowest BCUT2D eigenvalue weighted by molar-refractivity contribution is 0.0983. The van der Waals surface area contributed by atoms with Crippen LogP contribution >= 0.6 is 15.9 Å². The summed E-state index contributed by atoms with van der Waals surface area (Å²) in [5, 5.41) is 0. The van der Waals surface area contributed by atoms with Crippen LogP contribution in [0.15, 0.2) is 53.0 Å². The van der Waals surface area contributed by atoms with Crippen LogP contribution in [-0.2, 0) is 6.61 Å². The fraction of sp³-hybridized carbons (Fsp3) is 0.188. The molecule has 0 aliphatic rings. The molecule has 98 valence electrons. The number of benzene rings is 2. The summed E-state index contributed by atoms with van der Waals surface area (Å²) in [5.74, 6) is 0.723. The lowest BCUT2D eigenvalue weighted by Crippen LogP contribution is -2.03. The zero-order chi connectivity index (χ0) is 13.7. The number of hydrogen-bond acceptors (Lipinski definition) is 2. The number of ether oxygens (including phenoxy) is 1. The molecule has 3 heteroatoms. The van der Waals surface area contributed by atoms with E-state index in [0.29, 0.717) is 24.3 Å². The molecule has 19 heavy (non-hydrogen) atoms. The van der Waals surface area contributed by atoms with Crippen molar-refractivity contribution in [3.05, 3.63) is 64.1 Å². The van der Waals surface area contributed by atoms with E-state index in [4.69, 9.17) is 4.74 Å². The Kier molecular flexibility index (Phi) is 4.74. The first-order chi connectivity index (χ1) is 9.20. The van der Waals surface area contributed by atoms with Crippen molar-refractivity contribution in [1.82, 2.24) is 0 Å². The number of Topliss-reactive ketones (excluding diaryl/α,β-unsaturated/α-hetero) is 1. The minimum absolute atomic E-state index is 0.0931. The van der Waals surface area contributed by atoms with Crippen molar-refractivity contribution in [3.63, 3.8) is 0 Å². The summed E-state index contributed by atoms with van der Waals surface area (Å²) in [6.45, 7) is 2.31. The first-order valence-electron chi connectivity index (χ1n) is 6.20. The van der Waals surface area contributed by atoms with Crippen LogP contribution in [-0.4, -0.2) is 5.78 Å². The summed E-state index contributed by atoms with van der Waals surface area (Å²) in [4.78, 5) is 11.9. The molecule has 0 N–H and O–H groups in total. The van der Waals surface area contributed by atoms with Gasteiger partial charge in [-0.1, -0.05) is 53.2 Å². The lowest BCUT2D eigenvalue weighted by atomic mass is 10.1. The molecule has 0 fully saturated rings. The molecular formula is C16H15BrO2. The maximum Gasteiger partial charge on any atom is 0.166 e. The SMILES string of the molecule is CCC(=O)c1ccc(Br)cc1OCc1ccccc1. The second-order valence-electron chi connectivity index (χ2n) is 4.19. The predicted octanol–water partition coefficient (Wildman–Crippen LogP) is 4.62. The topological polar surface area (TPSA) is 26.3 Å². The average molecular weight is 319 g/mol. The molecular weight excluding hydrogens is 304 g/mol. The van der Waals surface area contributed by atoms with Gasteiger partial charge in [0.2, 0.25) is 0 Å². The van der Waals surface area contributed by atoms with Gasteiger partial charge in [-0.3, -0.25) is 4.79 Å². The van der Waals surface area contributed by atoms with Crippen molar-refractivity contribution in [2.45, 2.75) is 20.0 Å². The van der Waals surface area contributed by atoms with Gasteiger partial charge in [-0.15, -0.1) is 0 Å². The summed E-state index contributed by atoms with van der Waals surface area (Å²) in [7, 11) is 0. The number of rotatable bonds is 5. The van der Waals surface area contributed by atoms with E-state index in [2.05, 4.69) is 15.9 Å². The van der Waals surface area contributed by atoms with Gasteiger partial charge in [-0.25, -0.2) is 0 Å². The highest BCUT2D eigenvalue weighted by molar-refractivity contribution is 9.10. The third-order valence-corrected chi connectivity index (χ3v) is 3.30. The highest BCUT2D eigenvalue weighted by Gasteiger charge is 2.11. The number of halogens is 1. The maximum atomic E-state index is 11.9. The molecule has 0 radical (unpaired) electrons. The van der Waals surface area contributed by atoms with Crippen molar-refractivity contribution < 1.29 is 9.53 Å². The van der Waals surface area contributed by atoms with Crippen molar-refractivity contribution in [2.75, 3.05) is 0 Å². The summed E-state index contributed by atoms with van der Waals surface area (Å²) in [6, 6.07) is 15.4. The third kappa shape index (κ3) is 3.67. The van der Waals surface area contributed by atoms with Crippen LogP contribution in [0.2, 0.25) is 0 Å². The molecule has 0 aliphatic carbocycles. The fourth-order valence-electron chi connectivity index (χ4n) is 1.77. The molecule has 0 atom stereocenters. The number of carbonyl (C=O) groups is 1. The molecule has 2 aromatic rings. The van der Waals surface area contributed by atoms with Crippen LogP contribution in [0.25, 0.3) is 0 Å². The second kappa shape index (κ2) is 6.53. The monoisotopic (exact) mass is 318 g/mol. The van der Waals surface area contributed by atoms with E-state index in [9.17, 15) is 4.79 Å². The summed E-state index contributed by atoms with van der Waals surface area (Å²) in [5.41, 5.74) is 1.72. The first kappa shape index (κ1) is 13.8. The molecule has 0 bridgehead atoms. The Morgan fingerprint density at radius 2 is 1.89 bits per heavy atom. The Morgan fingerprint density at radius 1 is 1.16 bits per heavy atom. The molecule has 0 heterocycles. The zero-order valence-electron chi connectivity index (χ0n) is 10.7. The zero-order valence-corrected chi connectivity index (χ0v) is 12.3. The van der Waals surface area contributed by atoms with Crippen LogP contribution in [0.4, 0.5) is 0 Å². The van der Waals surface area contributed by atoms with Crippen LogP contribution in [0.5, 0.6) is 5.75 Å². The van der Waals surface area contributed by atoms with Gasteiger partial charge in [0.05, 0.1) is 5.56 Å². The van der Waals surface area contributed by atoms with Gasteiger partial charge in [0.1, 0.15) is 12.4 Å². The van der Waals surface area contributed by atoms with E-state index in [1.807, 2.05) is 49.4 Å². The Labute approximate surface area is 121 Å². The maximum absolute atomic E-state index is 11.9. The van der Waals surface area contributed by atoms with Crippen molar-refractivity contribution in [2.24, 2.45) is 0 Å². The third-order valence-electron chi connectivity index (χ3n) is 2.80. The molecule has 0 unspecified atom stereocenters. The van der Waals surface area contributed by atoms with Gasteiger partial charge >= 0.3 is 0 Å². The minimum atomic E-state index is 0.0931. The summed E-state index contributed by atoms with van der Waals surface area (Å²) in [6.07, 6.45) is 0.476. The van der Waals surface area contributed by atoms with Gasteiger partial charge in [-0.05, 0) is 23.8 Å².